The molecule has 1 N–H and O–H groups in total. The fourth-order valence-corrected chi connectivity index (χ4v) is 3.45. The van der Waals surface area contributed by atoms with Crippen LogP contribution < -0.4 is 5.32 Å². The van der Waals surface area contributed by atoms with Crippen molar-refractivity contribution in [1.82, 2.24) is 20.0 Å². The lowest BCUT2D eigenvalue weighted by Gasteiger charge is -2.18. The Kier molecular flexibility index (Phi) is 5.46. The normalized spacial score (nSPS) is 13.1. The van der Waals surface area contributed by atoms with Gasteiger partial charge in [0.05, 0.1) is 33.8 Å². The lowest BCUT2D eigenvalue weighted by Crippen LogP contribution is -2.25. The van der Waals surface area contributed by atoms with E-state index in [0.717, 1.165) is 28.0 Å². The second-order valence-electron chi connectivity index (χ2n) is 4.77. The summed E-state index contributed by atoms with van der Waals surface area (Å²) < 4.78 is 2.73. The molecule has 7 heteroatoms. The highest BCUT2D eigenvalue weighted by Crippen LogP contribution is 2.33. The van der Waals surface area contributed by atoms with Crippen molar-refractivity contribution in [3.63, 3.8) is 0 Å². The second kappa shape index (κ2) is 6.91. The number of halogens is 2. The van der Waals surface area contributed by atoms with Crippen LogP contribution in [0.3, 0.4) is 0 Å². The van der Waals surface area contributed by atoms with Crippen molar-refractivity contribution in [3.05, 3.63) is 38.3 Å². The Morgan fingerprint density at radius 1 is 1.40 bits per heavy atom. The van der Waals surface area contributed by atoms with Gasteiger partial charge < -0.3 is 10.2 Å². The van der Waals surface area contributed by atoms with E-state index in [1.165, 1.54) is 0 Å². The Labute approximate surface area is 133 Å². The maximum Gasteiger partial charge on any atom is 0.0931 e. The maximum absolute atomic E-state index is 6.33. The zero-order valence-electron chi connectivity index (χ0n) is 11.7. The summed E-state index contributed by atoms with van der Waals surface area (Å²) in [6.45, 7) is 1.71. The highest BCUT2D eigenvalue weighted by Gasteiger charge is 2.22. The smallest absolute Gasteiger partial charge is 0.0931 e. The molecule has 0 aliphatic carbocycles. The number of thiophene rings is 1. The van der Waals surface area contributed by atoms with E-state index in [0.29, 0.717) is 5.02 Å². The van der Waals surface area contributed by atoms with Crippen LogP contribution in [-0.4, -0.2) is 42.4 Å². The summed E-state index contributed by atoms with van der Waals surface area (Å²) in [5, 5.41) is 8.35. The van der Waals surface area contributed by atoms with Crippen molar-refractivity contribution >= 4 is 34.5 Å². The zero-order valence-corrected chi connectivity index (χ0v) is 14.1. The average molecular weight is 333 g/mol. The zero-order chi connectivity index (χ0) is 14.7. The lowest BCUT2D eigenvalue weighted by atomic mass is 10.1. The third kappa shape index (κ3) is 3.54. The monoisotopic (exact) mass is 332 g/mol. The average Bonchev–Trinajstić information content (AvgIpc) is 2.97. The van der Waals surface area contributed by atoms with Crippen LogP contribution >= 0.6 is 34.5 Å². The fourth-order valence-electron chi connectivity index (χ4n) is 2.03. The van der Waals surface area contributed by atoms with Crippen LogP contribution in [0, 0.1) is 0 Å². The molecule has 0 aliphatic heterocycles. The molecule has 0 aliphatic rings. The molecule has 2 aromatic rings. The second-order valence-corrected chi connectivity index (χ2v) is 6.92. The number of nitrogens with zero attached hydrogens (tertiary/aromatic N) is 3. The Bertz CT molecular complexity index is 564. The van der Waals surface area contributed by atoms with Crippen molar-refractivity contribution in [1.29, 1.82) is 0 Å². The minimum Gasteiger partial charge on any atom is -0.308 e. The van der Waals surface area contributed by atoms with Crippen molar-refractivity contribution in [3.8, 4) is 0 Å². The fraction of sp³-hybridized carbons (Fsp3) is 0.462. The minimum atomic E-state index is 0.00432. The summed E-state index contributed by atoms with van der Waals surface area (Å²) in [5.74, 6) is 0. The third-order valence-electron chi connectivity index (χ3n) is 3.03. The molecular weight excluding hydrogens is 315 g/mol. The SMILES string of the molecule is CNC(c1ccc(Cl)s1)c1c(Cl)cnn1CCN(C)C. The van der Waals surface area contributed by atoms with E-state index in [9.17, 15) is 0 Å². The summed E-state index contributed by atoms with van der Waals surface area (Å²) in [5.41, 5.74) is 0.981. The van der Waals surface area contributed by atoms with E-state index in [1.54, 1.807) is 17.5 Å². The van der Waals surface area contributed by atoms with Crippen LogP contribution in [0.4, 0.5) is 0 Å². The molecule has 2 rings (SSSR count). The van der Waals surface area contributed by atoms with Crippen LogP contribution in [0.25, 0.3) is 0 Å². The molecule has 0 saturated heterocycles. The molecule has 4 nitrogen and oxygen atoms in total. The van der Waals surface area contributed by atoms with Crippen molar-refractivity contribution in [2.75, 3.05) is 27.7 Å². The Balaban J connectivity index is 2.31. The summed E-state index contributed by atoms with van der Waals surface area (Å²) in [6.07, 6.45) is 1.70. The lowest BCUT2D eigenvalue weighted by molar-refractivity contribution is 0.366. The maximum atomic E-state index is 6.33. The van der Waals surface area contributed by atoms with Crippen molar-refractivity contribution in [2.45, 2.75) is 12.6 Å². The molecule has 0 bridgehead atoms. The molecule has 0 aromatic carbocycles. The number of aromatic nitrogens is 2. The molecule has 2 heterocycles. The summed E-state index contributed by atoms with van der Waals surface area (Å²) in [7, 11) is 6.00. The molecule has 0 amide bonds. The van der Waals surface area contributed by atoms with E-state index >= 15 is 0 Å². The van der Waals surface area contributed by atoms with E-state index < -0.39 is 0 Å². The first kappa shape index (κ1) is 15.8. The van der Waals surface area contributed by atoms with Gasteiger partial charge in [-0.15, -0.1) is 11.3 Å². The molecular formula is C13H18Cl2N4S. The van der Waals surface area contributed by atoms with Crippen molar-refractivity contribution < 1.29 is 0 Å². The van der Waals surface area contributed by atoms with E-state index in [1.807, 2.05) is 38.0 Å². The molecule has 0 fully saturated rings. The summed E-state index contributed by atoms with van der Waals surface area (Å²) in [6, 6.07) is 3.93. The molecule has 0 saturated carbocycles. The topological polar surface area (TPSA) is 33.1 Å². The predicted octanol–water partition coefficient (Wildman–Crippen LogP) is 3.12. The Morgan fingerprint density at radius 2 is 2.15 bits per heavy atom. The van der Waals surface area contributed by atoms with Crippen LogP contribution in [0.1, 0.15) is 16.6 Å². The number of rotatable bonds is 6. The van der Waals surface area contributed by atoms with E-state index in [2.05, 4.69) is 15.3 Å². The van der Waals surface area contributed by atoms with E-state index in [4.69, 9.17) is 23.2 Å². The molecule has 2 aromatic heterocycles. The number of likely N-dealkylation sites (N-methyl/N-ethyl adjacent to an activating group) is 1. The van der Waals surface area contributed by atoms with Gasteiger partial charge in [0.15, 0.2) is 0 Å². The van der Waals surface area contributed by atoms with Crippen LogP contribution in [0.5, 0.6) is 0 Å². The number of nitrogens with one attached hydrogen (secondary N) is 1. The molecule has 1 unspecified atom stereocenters. The molecule has 0 spiro atoms. The van der Waals surface area contributed by atoms with Gasteiger partial charge in [0.2, 0.25) is 0 Å². The predicted molar refractivity (Wildman–Crippen MR) is 86.0 cm³/mol. The quantitative estimate of drug-likeness (QED) is 0.882. The first-order valence-corrected chi connectivity index (χ1v) is 7.88. The molecule has 110 valence electrons. The van der Waals surface area contributed by atoms with Gasteiger partial charge >= 0.3 is 0 Å². The minimum absolute atomic E-state index is 0.00432. The number of hydrogen-bond donors (Lipinski definition) is 1. The van der Waals surface area contributed by atoms with Crippen LogP contribution in [-0.2, 0) is 6.54 Å². The van der Waals surface area contributed by atoms with E-state index in [-0.39, 0.29) is 6.04 Å². The standard InChI is InChI=1S/C13H18Cl2N4S/c1-16-12(10-4-5-11(15)20-10)13-9(14)8-17-19(13)7-6-18(2)3/h4-5,8,12,16H,6-7H2,1-3H3. The highest BCUT2D eigenvalue weighted by molar-refractivity contribution is 7.16. The van der Waals surface area contributed by atoms with Crippen molar-refractivity contribution in [2.24, 2.45) is 0 Å². The largest absolute Gasteiger partial charge is 0.308 e. The number of hydrogen-bond acceptors (Lipinski definition) is 4. The summed E-state index contributed by atoms with van der Waals surface area (Å²) in [4.78, 5) is 3.25. The first-order chi connectivity index (χ1) is 9.52. The van der Waals surface area contributed by atoms with Gasteiger partial charge in [0.25, 0.3) is 0 Å². The highest BCUT2D eigenvalue weighted by atomic mass is 35.5. The van der Waals surface area contributed by atoms with Gasteiger partial charge in [0, 0.05) is 11.4 Å². The van der Waals surface area contributed by atoms with Gasteiger partial charge in [0.1, 0.15) is 0 Å². The Hall–Kier alpha value is -0.590. The van der Waals surface area contributed by atoms with Crippen LogP contribution in [0.15, 0.2) is 18.3 Å². The molecule has 20 heavy (non-hydrogen) atoms. The van der Waals surface area contributed by atoms with Gasteiger partial charge in [-0.2, -0.15) is 5.10 Å². The third-order valence-corrected chi connectivity index (χ3v) is 4.62. The van der Waals surface area contributed by atoms with Crippen LogP contribution in [0.2, 0.25) is 9.36 Å². The Morgan fingerprint density at radius 3 is 2.70 bits per heavy atom. The van der Waals surface area contributed by atoms with Gasteiger partial charge in [-0.25, -0.2) is 0 Å². The molecule has 1 atom stereocenters. The first-order valence-electron chi connectivity index (χ1n) is 6.31. The molecule has 0 radical (unpaired) electrons. The summed E-state index contributed by atoms with van der Waals surface area (Å²) >= 11 is 13.9. The van der Waals surface area contributed by atoms with Gasteiger partial charge in [-0.3, -0.25) is 4.68 Å². The van der Waals surface area contributed by atoms with Gasteiger partial charge in [-0.1, -0.05) is 23.2 Å². The van der Waals surface area contributed by atoms with Gasteiger partial charge in [-0.05, 0) is 33.3 Å².